The Morgan fingerprint density at radius 2 is 1.04 bits per heavy atom. The topological polar surface area (TPSA) is 20.2 Å². The lowest BCUT2D eigenvalue weighted by Gasteiger charge is -2.39. The van der Waals surface area contributed by atoms with Crippen molar-refractivity contribution < 1.29 is 31.4 Å². The smallest absolute Gasteiger partial charge is 0.373 e. The van der Waals surface area contributed by atoms with Gasteiger partial charge in [0.2, 0.25) is 0 Å². The Labute approximate surface area is 166 Å². The van der Waals surface area contributed by atoms with E-state index in [9.17, 15) is 31.4 Å². The molecule has 1 N–H and O–H groups in total. The summed E-state index contributed by atoms with van der Waals surface area (Å²) >= 11 is 0. The van der Waals surface area contributed by atoms with Crippen LogP contribution in [0.1, 0.15) is 80.6 Å². The highest BCUT2D eigenvalue weighted by Gasteiger charge is 2.72. The maximum atomic E-state index is 13.2. The third-order valence-electron chi connectivity index (χ3n) is 5.94. The number of hydrogen-bond donors (Lipinski definition) is 1. The maximum Gasteiger partial charge on any atom is 0.426 e. The molecule has 0 spiro atoms. The van der Waals surface area contributed by atoms with Gasteiger partial charge in [-0.25, -0.2) is 0 Å². The van der Waals surface area contributed by atoms with Crippen molar-refractivity contribution in [1.29, 1.82) is 0 Å². The number of rotatable bonds is 11. The molecule has 0 radical (unpaired) electrons. The van der Waals surface area contributed by atoms with E-state index in [-0.39, 0.29) is 18.3 Å². The molecule has 0 aromatic heterocycles. The molecule has 170 valence electrons. The van der Waals surface area contributed by atoms with Crippen molar-refractivity contribution in [3.8, 4) is 0 Å². The predicted molar refractivity (Wildman–Crippen MR) is 101 cm³/mol. The Hall–Kier alpha value is -0.460. The Balaban J connectivity index is 5.46. The van der Waals surface area contributed by atoms with Crippen LogP contribution in [-0.2, 0) is 0 Å². The van der Waals surface area contributed by atoms with Crippen LogP contribution in [0.3, 0.4) is 0 Å². The summed E-state index contributed by atoms with van der Waals surface area (Å²) in [4.78, 5) is 0. The largest absolute Gasteiger partial charge is 0.426 e. The third kappa shape index (κ3) is 7.75. The number of halogens is 6. The van der Waals surface area contributed by atoms with Crippen LogP contribution in [0.25, 0.3) is 0 Å². The lowest BCUT2D eigenvalue weighted by atomic mass is 9.74. The Morgan fingerprint density at radius 1 is 0.607 bits per heavy atom. The Morgan fingerprint density at radius 3 is 1.39 bits per heavy atom. The van der Waals surface area contributed by atoms with Gasteiger partial charge in [0.1, 0.15) is 0 Å². The molecule has 0 aliphatic carbocycles. The zero-order chi connectivity index (χ0) is 22.5. The van der Waals surface area contributed by atoms with Gasteiger partial charge in [0.05, 0.1) is 0 Å². The minimum absolute atomic E-state index is 0.191. The van der Waals surface area contributed by atoms with Gasteiger partial charge in [-0.3, -0.25) is 0 Å². The van der Waals surface area contributed by atoms with E-state index in [2.05, 4.69) is 20.8 Å². The second-order valence-corrected chi connectivity index (χ2v) is 9.56. The van der Waals surface area contributed by atoms with Gasteiger partial charge in [-0.15, -0.1) is 0 Å². The van der Waals surface area contributed by atoms with Crippen LogP contribution >= 0.6 is 0 Å². The van der Waals surface area contributed by atoms with Crippen molar-refractivity contribution in [3.63, 3.8) is 0 Å². The van der Waals surface area contributed by atoms with E-state index >= 15 is 0 Å². The SMILES string of the molecule is CC(C)CCC(CC(C)C(C)CC(C)C)CC(C)C(O)(C(F)(F)F)C(F)(F)F. The molecule has 7 heteroatoms. The van der Waals surface area contributed by atoms with Gasteiger partial charge in [-0.05, 0) is 48.9 Å². The summed E-state index contributed by atoms with van der Waals surface area (Å²) in [6.45, 7) is 13.1. The molecule has 0 saturated carbocycles. The molecule has 0 heterocycles. The fourth-order valence-electron chi connectivity index (χ4n) is 4.02. The average molecular weight is 421 g/mol. The summed E-state index contributed by atoms with van der Waals surface area (Å²) in [6.07, 6.45) is -9.00. The highest BCUT2D eigenvalue weighted by Crippen LogP contribution is 2.50. The molecule has 4 atom stereocenters. The number of alkyl halides is 6. The lowest BCUT2D eigenvalue weighted by molar-refractivity contribution is -0.384. The first-order chi connectivity index (χ1) is 12.4. The minimum atomic E-state index is -5.76. The van der Waals surface area contributed by atoms with E-state index in [1.807, 2.05) is 20.8 Å². The van der Waals surface area contributed by atoms with Crippen molar-refractivity contribution in [2.45, 2.75) is 98.5 Å². The van der Waals surface area contributed by atoms with Crippen LogP contribution in [0.15, 0.2) is 0 Å². The molecule has 28 heavy (non-hydrogen) atoms. The van der Waals surface area contributed by atoms with E-state index in [4.69, 9.17) is 0 Å². The van der Waals surface area contributed by atoms with Gasteiger partial charge >= 0.3 is 12.4 Å². The Bertz CT molecular complexity index is 427. The highest BCUT2D eigenvalue weighted by molar-refractivity contribution is 4.98. The van der Waals surface area contributed by atoms with Crippen molar-refractivity contribution in [3.05, 3.63) is 0 Å². The van der Waals surface area contributed by atoms with Crippen LogP contribution < -0.4 is 0 Å². The third-order valence-corrected chi connectivity index (χ3v) is 5.94. The normalized spacial score (nSPS) is 18.4. The van der Waals surface area contributed by atoms with Gasteiger partial charge in [0.25, 0.3) is 5.60 Å². The van der Waals surface area contributed by atoms with Crippen molar-refractivity contribution in [2.24, 2.45) is 35.5 Å². The summed E-state index contributed by atoms with van der Waals surface area (Å²) in [5.41, 5.74) is -4.68. The van der Waals surface area contributed by atoms with E-state index in [0.717, 1.165) is 19.8 Å². The van der Waals surface area contributed by atoms with Crippen LogP contribution in [0, 0.1) is 35.5 Å². The van der Waals surface area contributed by atoms with Crippen LogP contribution in [0.5, 0.6) is 0 Å². The molecule has 0 fully saturated rings. The summed E-state index contributed by atoms with van der Waals surface area (Å²) < 4.78 is 79.1. The van der Waals surface area contributed by atoms with Crippen LogP contribution in [0.4, 0.5) is 26.3 Å². The summed E-state index contributed by atoms with van der Waals surface area (Å²) in [6, 6.07) is 0. The molecule has 0 aliphatic rings. The molecule has 4 unspecified atom stereocenters. The van der Waals surface area contributed by atoms with Gasteiger partial charge in [0, 0.05) is 5.92 Å². The van der Waals surface area contributed by atoms with E-state index in [1.165, 1.54) is 0 Å². The zero-order valence-corrected chi connectivity index (χ0v) is 18.2. The van der Waals surface area contributed by atoms with Gasteiger partial charge in [0.15, 0.2) is 0 Å². The monoisotopic (exact) mass is 420 g/mol. The molecule has 0 aromatic carbocycles. The second kappa shape index (κ2) is 10.5. The maximum absolute atomic E-state index is 13.2. The molecular formula is C21H38F6O. The average Bonchev–Trinajstić information content (AvgIpc) is 2.48. The highest BCUT2D eigenvalue weighted by atomic mass is 19.4. The van der Waals surface area contributed by atoms with Gasteiger partial charge in [-0.2, -0.15) is 26.3 Å². The molecule has 0 aliphatic heterocycles. The second-order valence-electron chi connectivity index (χ2n) is 9.56. The predicted octanol–water partition coefficient (Wildman–Crippen LogP) is 7.63. The fourth-order valence-corrected chi connectivity index (χ4v) is 4.02. The standard InChI is InChI=1S/C21H38F6O/c1-13(2)8-9-18(11-16(6)15(5)10-14(3)4)12-17(7)19(28,20(22,23)24)21(25,26)27/h13-18,28H,8-12H2,1-7H3. The van der Waals surface area contributed by atoms with E-state index in [0.29, 0.717) is 30.6 Å². The van der Waals surface area contributed by atoms with E-state index < -0.39 is 23.9 Å². The molecule has 0 bridgehead atoms. The summed E-state index contributed by atoms with van der Waals surface area (Å²) in [7, 11) is 0. The van der Waals surface area contributed by atoms with Crippen LogP contribution in [-0.4, -0.2) is 23.1 Å². The first-order valence-corrected chi connectivity index (χ1v) is 10.3. The summed E-state index contributed by atoms with van der Waals surface area (Å²) in [5.74, 6) is -0.940. The molecule has 0 rings (SSSR count). The molecule has 1 nitrogen and oxygen atoms in total. The van der Waals surface area contributed by atoms with E-state index in [1.54, 1.807) is 0 Å². The van der Waals surface area contributed by atoms with Gasteiger partial charge < -0.3 is 5.11 Å². The van der Waals surface area contributed by atoms with Crippen molar-refractivity contribution in [1.82, 2.24) is 0 Å². The number of aliphatic hydroxyl groups is 1. The first kappa shape index (κ1) is 27.5. The number of hydrogen-bond acceptors (Lipinski definition) is 1. The van der Waals surface area contributed by atoms with Crippen LogP contribution in [0.2, 0.25) is 0 Å². The quantitative estimate of drug-likeness (QED) is 0.341. The van der Waals surface area contributed by atoms with Crippen molar-refractivity contribution in [2.75, 3.05) is 0 Å². The molecule has 0 amide bonds. The summed E-state index contributed by atoms with van der Waals surface area (Å²) in [5, 5.41) is 9.69. The minimum Gasteiger partial charge on any atom is -0.373 e. The lowest BCUT2D eigenvalue weighted by Crippen LogP contribution is -2.61. The zero-order valence-electron chi connectivity index (χ0n) is 18.2. The molecular weight excluding hydrogens is 382 g/mol. The fraction of sp³-hybridized carbons (Fsp3) is 1.00. The Kier molecular flexibility index (Phi) is 10.4. The first-order valence-electron chi connectivity index (χ1n) is 10.3. The molecule has 0 aromatic rings. The molecule has 0 saturated heterocycles. The van der Waals surface area contributed by atoms with Crippen molar-refractivity contribution >= 4 is 0 Å². The van der Waals surface area contributed by atoms with Gasteiger partial charge in [-0.1, -0.05) is 61.3 Å².